The summed E-state index contributed by atoms with van der Waals surface area (Å²) in [4.78, 5) is 14.3. The van der Waals surface area contributed by atoms with E-state index in [1.807, 2.05) is 11.9 Å². The van der Waals surface area contributed by atoms with Crippen molar-refractivity contribution in [1.82, 2.24) is 14.7 Å². The highest BCUT2D eigenvalue weighted by Crippen LogP contribution is 2.29. The molecule has 0 aliphatic heterocycles. The first kappa shape index (κ1) is 13.9. The second-order valence-electron chi connectivity index (χ2n) is 5.57. The number of nitrogen functional groups attached to an aromatic ring is 1. The van der Waals surface area contributed by atoms with Gasteiger partial charge in [0.15, 0.2) is 0 Å². The first-order chi connectivity index (χ1) is 9.04. The monoisotopic (exact) mass is 264 g/mol. The number of aryl methyl sites for hydroxylation is 1. The summed E-state index contributed by atoms with van der Waals surface area (Å²) in [5.41, 5.74) is 6.78. The van der Waals surface area contributed by atoms with E-state index in [1.165, 1.54) is 25.5 Å². The van der Waals surface area contributed by atoms with E-state index < -0.39 is 0 Å². The van der Waals surface area contributed by atoms with Crippen LogP contribution < -0.4 is 5.73 Å². The fourth-order valence-electron chi connectivity index (χ4n) is 2.99. The summed E-state index contributed by atoms with van der Waals surface area (Å²) in [6.07, 6.45) is 7.42. The minimum Gasteiger partial charge on any atom is -0.396 e. The number of nitrogens with zero attached hydrogens (tertiary/aromatic N) is 3. The van der Waals surface area contributed by atoms with Crippen molar-refractivity contribution in [3.05, 3.63) is 11.9 Å². The summed E-state index contributed by atoms with van der Waals surface area (Å²) in [6.45, 7) is 2.25. The van der Waals surface area contributed by atoms with Crippen LogP contribution in [-0.4, -0.2) is 33.7 Å². The predicted molar refractivity (Wildman–Crippen MR) is 75.8 cm³/mol. The molecule has 1 aromatic heterocycles. The highest BCUT2D eigenvalue weighted by Gasteiger charge is 2.28. The van der Waals surface area contributed by atoms with Crippen LogP contribution >= 0.6 is 0 Å². The topological polar surface area (TPSA) is 64.2 Å². The maximum Gasteiger partial charge on any atom is 0.274 e. The SMILES string of the molecule is CCC1CCC(N(C)C(=O)c2c(N)cnn2C)CC1. The van der Waals surface area contributed by atoms with E-state index >= 15 is 0 Å². The molecule has 19 heavy (non-hydrogen) atoms. The molecule has 0 aromatic carbocycles. The van der Waals surface area contributed by atoms with E-state index in [-0.39, 0.29) is 5.91 Å². The van der Waals surface area contributed by atoms with Crippen LogP contribution in [0.5, 0.6) is 0 Å². The van der Waals surface area contributed by atoms with Crippen molar-refractivity contribution in [2.24, 2.45) is 13.0 Å². The molecule has 0 bridgehead atoms. The number of amides is 1. The second-order valence-corrected chi connectivity index (χ2v) is 5.57. The highest BCUT2D eigenvalue weighted by atomic mass is 16.2. The molecule has 1 amide bonds. The molecule has 5 nitrogen and oxygen atoms in total. The van der Waals surface area contributed by atoms with Crippen molar-refractivity contribution in [1.29, 1.82) is 0 Å². The number of anilines is 1. The summed E-state index contributed by atoms with van der Waals surface area (Å²) in [5, 5.41) is 4.03. The number of rotatable bonds is 3. The summed E-state index contributed by atoms with van der Waals surface area (Å²) in [7, 11) is 3.64. The molecule has 0 spiro atoms. The van der Waals surface area contributed by atoms with Gasteiger partial charge in [-0.25, -0.2) is 0 Å². The van der Waals surface area contributed by atoms with E-state index in [0.29, 0.717) is 17.4 Å². The number of hydrogen-bond acceptors (Lipinski definition) is 3. The Morgan fingerprint density at radius 1 is 1.47 bits per heavy atom. The summed E-state index contributed by atoms with van der Waals surface area (Å²) < 4.78 is 1.56. The Bertz CT molecular complexity index is 427. The van der Waals surface area contributed by atoms with Gasteiger partial charge in [0, 0.05) is 20.1 Å². The maximum absolute atomic E-state index is 12.5. The van der Waals surface area contributed by atoms with Gasteiger partial charge in [-0.3, -0.25) is 9.48 Å². The Hall–Kier alpha value is -1.52. The van der Waals surface area contributed by atoms with Crippen LogP contribution in [0.25, 0.3) is 0 Å². The molecule has 1 fully saturated rings. The van der Waals surface area contributed by atoms with Crippen LogP contribution in [0.15, 0.2) is 6.20 Å². The van der Waals surface area contributed by atoms with Crippen molar-refractivity contribution >= 4 is 11.6 Å². The van der Waals surface area contributed by atoms with Crippen LogP contribution in [0.4, 0.5) is 5.69 Å². The van der Waals surface area contributed by atoms with E-state index in [9.17, 15) is 4.79 Å². The zero-order chi connectivity index (χ0) is 14.0. The van der Waals surface area contributed by atoms with E-state index in [0.717, 1.165) is 18.8 Å². The minimum atomic E-state index is -0.0163. The van der Waals surface area contributed by atoms with E-state index in [2.05, 4.69) is 12.0 Å². The number of carbonyl (C=O) groups is 1. The number of aromatic nitrogens is 2. The molecule has 1 aliphatic carbocycles. The molecule has 0 unspecified atom stereocenters. The number of hydrogen-bond donors (Lipinski definition) is 1. The fourth-order valence-corrected chi connectivity index (χ4v) is 2.99. The third kappa shape index (κ3) is 2.74. The van der Waals surface area contributed by atoms with Gasteiger partial charge in [-0.15, -0.1) is 0 Å². The van der Waals surface area contributed by atoms with Crippen LogP contribution in [0.1, 0.15) is 49.5 Å². The molecule has 0 radical (unpaired) electrons. The van der Waals surface area contributed by atoms with E-state index in [1.54, 1.807) is 11.7 Å². The van der Waals surface area contributed by atoms with Gasteiger partial charge in [-0.05, 0) is 31.6 Å². The first-order valence-electron chi connectivity index (χ1n) is 7.09. The molecule has 0 saturated heterocycles. The maximum atomic E-state index is 12.5. The van der Waals surface area contributed by atoms with Crippen molar-refractivity contribution in [3.8, 4) is 0 Å². The summed E-state index contributed by atoms with van der Waals surface area (Å²) in [5.74, 6) is 0.818. The van der Waals surface area contributed by atoms with Crippen molar-refractivity contribution < 1.29 is 4.79 Å². The lowest BCUT2D eigenvalue weighted by Gasteiger charge is -2.34. The zero-order valence-corrected chi connectivity index (χ0v) is 12.1. The Kier molecular flexibility index (Phi) is 4.12. The van der Waals surface area contributed by atoms with Crippen molar-refractivity contribution in [3.63, 3.8) is 0 Å². The second kappa shape index (κ2) is 5.63. The molecule has 1 saturated carbocycles. The van der Waals surface area contributed by atoms with Gasteiger partial charge in [0.05, 0.1) is 11.9 Å². The molecule has 2 rings (SSSR count). The van der Waals surface area contributed by atoms with Crippen molar-refractivity contribution in [2.45, 2.75) is 45.1 Å². The average molecular weight is 264 g/mol. The molecule has 1 heterocycles. The van der Waals surface area contributed by atoms with Crippen LogP contribution in [-0.2, 0) is 7.05 Å². The highest BCUT2D eigenvalue weighted by molar-refractivity contribution is 5.97. The minimum absolute atomic E-state index is 0.0163. The Balaban J connectivity index is 2.04. The quantitative estimate of drug-likeness (QED) is 0.908. The molecule has 1 aromatic rings. The van der Waals surface area contributed by atoms with E-state index in [4.69, 9.17) is 5.73 Å². The average Bonchev–Trinajstić information content (AvgIpc) is 2.77. The van der Waals surface area contributed by atoms with Crippen LogP contribution in [0.3, 0.4) is 0 Å². The van der Waals surface area contributed by atoms with Gasteiger partial charge in [-0.1, -0.05) is 13.3 Å². The molecular weight excluding hydrogens is 240 g/mol. The van der Waals surface area contributed by atoms with Gasteiger partial charge < -0.3 is 10.6 Å². The van der Waals surface area contributed by atoms with Gasteiger partial charge in [0.25, 0.3) is 5.91 Å². The van der Waals surface area contributed by atoms with Gasteiger partial charge in [-0.2, -0.15) is 5.10 Å². The third-order valence-corrected chi connectivity index (χ3v) is 4.43. The summed E-state index contributed by atoms with van der Waals surface area (Å²) in [6, 6.07) is 0.338. The third-order valence-electron chi connectivity index (χ3n) is 4.43. The molecule has 106 valence electrons. The Labute approximate surface area is 114 Å². The summed E-state index contributed by atoms with van der Waals surface area (Å²) >= 11 is 0. The lowest BCUT2D eigenvalue weighted by molar-refractivity contribution is 0.0665. The lowest BCUT2D eigenvalue weighted by Crippen LogP contribution is -2.40. The fraction of sp³-hybridized carbons (Fsp3) is 0.714. The van der Waals surface area contributed by atoms with Gasteiger partial charge >= 0.3 is 0 Å². The van der Waals surface area contributed by atoms with Crippen molar-refractivity contribution in [2.75, 3.05) is 12.8 Å². The Morgan fingerprint density at radius 2 is 2.11 bits per heavy atom. The standard InChI is InChI=1S/C14H24N4O/c1-4-10-5-7-11(8-6-10)17(2)14(19)13-12(15)9-16-18(13)3/h9-11H,4-8,15H2,1-3H3. The molecular formula is C14H24N4O. The van der Waals surface area contributed by atoms with Crippen LogP contribution in [0.2, 0.25) is 0 Å². The number of carbonyl (C=O) groups excluding carboxylic acids is 1. The van der Waals surface area contributed by atoms with Crippen LogP contribution in [0, 0.1) is 5.92 Å². The molecule has 1 aliphatic rings. The normalized spacial score (nSPS) is 23.3. The zero-order valence-electron chi connectivity index (χ0n) is 12.1. The molecule has 2 N–H and O–H groups in total. The lowest BCUT2D eigenvalue weighted by atomic mass is 9.84. The predicted octanol–water partition coefficient (Wildman–Crippen LogP) is 2.04. The van der Waals surface area contributed by atoms with Gasteiger partial charge in [0.1, 0.15) is 5.69 Å². The smallest absolute Gasteiger partial charge is 0.274 e. The Morgan fingerprint density at radius 3 is 2.58 bits per heavy atom. The largest absolute Gasteiger partial charge is 0.396 e. The first-order valence-corrected chi connectivity index (χ1v) is 7.09. The number of nitrogens with two attached hydrogens (primary N) is 1. The molecule has 5 heteroatoms. The molecule has 0 atom stereocenters. The van der Waals surface area contributed by atoms with Gasteiger partial charge in [0.2, 0.25) is 0 Å².